The molecule has 1 atom stereocenters. The monoisotopic (exact) mass is 458 g/mol. The van der Waals surface area contributed by atoms with Crippen LogP contribution in [-0.4, -0.2) is 26.6 Å². The topological polar surface area (TPSA) is 75.7 Å². The Hall–Kier alpha value is -3.03. The number of benzene rings is 3. The fourth-order valence-electron chi connectivity index (χ4n) is 3.03. The molecule has 31 heavy (non-hydrogen) atoms. The molecule has 0 spiro atoms. The summed E-state index contributed by atoms with van der Waals surface area (Å²) in [5, 5.41) is 3.37. The number of hydrogen-bond donors (Lipinski definition) is 1. The van der Waals surface area contributed by atoms with Crippen molar-refractivity contribution in [2.24, 2.45) is 0 Å². The minimum Gasteiger partial charge on any atom is -0.457 e. The molecule has 6 nitrogen and oxygen atoms in total. The summed E-state index contributed by atoms with van der Waals surface area (Å²) >= 11 is 5.87. The van der Waals surface area contributed by atoms with Gasteiger partial charge in [0.15, 0.2) is 0 Å². The van der Waals surface area contributed by atoms with E-state index in [0.717, 1.165) is 16.1 Å². The molecule has 0 unspecified atom stereocenters. The first-order chi connectivity index (χ1) is 14.7. The lowest BCUT2D eigenvalue weighted by Crippen LogP contribution is -2.47. The molecule has 0 radical (unpaired) electrons. The Morgan fingerprint density at radius 3 is 2.13 bits per heavy atom. The van der Waals surface area contributed by atoms with Crippen molar-refractivity contribution >= 4 is 33.2 Å². The Morgan fingerprint density at radius 1 is 0.968 bits per heavy atom. The highest BCUT2D eigenvalue weighted by atomic mass is 35.5. The average molecular weight is 459 g/mol. The molecule has 3 rings (SSSR count). The number of nitrogens with zero attached hydrogens (tertiary/aromatic N) is 1. The first kappa shape index (κ1) is 22.7. The summed E-state index contributed by atoms with van der Waals surface area (Å²) in [6.07, 6.45) is 1.07. The maximum absolute atomic E-state index is 12.7. The number of ether oxygens (including phenoxy) is 1. The zero-order valence-electron chi connectivity index (χ0n) is 17.2. The van der Waals surface area contributed by atoms with Gasteiger partial charge in [-0.05, 0) is 61.0 Å². The van der Waals surface area contributed by atoms with Gasteiger partial charge in [-0.2, -0.15) is 0 Å². The molecule has 1 N–H and O–H groups in total. The number of amides is 1. The molecule has 0 saturated heterocycles. The zero-order valence-corrected chi connectivity index (χ0v) is 18.7. The second kappa shape index (κ2) is 9.85. The van der Waals surface area contributed by atoms with Gasteiger partial charge in [-0.15, -0.1) is 0 Å². The number of halogens is 1. The van der Waals surface area contributed by atoms with Crippen LogP contribution in [0.1, 0.15) is 12.5 Å². The quantitative estimate of drug-likeness (QED) is 0.535. The molecular formula is C23H23ClN2O4S. The van der Waals surface area contributed by atoms with Crippen LogP contribution in [0.25, 0.3) is 0 Å². The predicted molar refractivity (Wildman–Crippen MR) is 123 cm³/mol. The molecular weight excluding hydrogens is 436 g/mol. The molecule has 0 fully saturated rings. The molecule has 0 heterocycles. The van der Waals surface area contributed by atoms with Crippen LogP contribution in [0.15, 0.2) is 78.9 Å². The van der Waals surface area contributed by atoms with Crippen molar-refractivity contribution in [3.8, 4) is 11.5 Å². The lowest BCUT2D eigenvalue weighted by atomic mass is 10.2. The number of sulfonamides is 1. The van der Waals surface area contributed by atoms with Gasteiger partial charge in [0.2, 0.25) is 15.9 Å². The van der Waals surface area contributed by atoms with Crippen molar-refractivity contribution in [3.63, 3.8) is 0 Å². The third-order valence-electron chi connectivity index (χ3n) is 4.54. The molecule has 0 aliphatic rings. The van der Waals surface area contributed by atoms with Crippen LogP contribution in [0.2, 0.25) is 5.02 Å². The minimum absolute atomic E-state index is 0.266. The van der Waals surface area contributed by atoms with E-state index in [2.05, 4.69) is 5.32 Å². The summed E-state index contributed by atoms with van der Waals surface area (Å²) in [5.41, 5.74) is 1.23. The van der Waals surface area contributed by atoms with E-state index < -0.39 is 22.0 Å². The Kier molecular flexibility index (Phi) is 7.20. The second-order valence-electron chi connectivity index (χ2n) is 6.99. The van der Waals surface area contributed by atoms with E-state index >= 15 is 0 Å². The van der Waals surface area contributed by atoms with Crippen LogP contribution in [-0.2, 0) is 21.4 Å². The standard InChI is InChI=1S/C23H23ClN2O4S/c1-17(23(27)25-16-18-8-10-19(24)11-9-18)26(31(2,28)29)20-12-14-22(15-13-20)30-21-6-4-3-5-7-21/h3-15,17H,16H2,1-2H3,(H,25,27)/t17-/m0/s1. The smallest absolute Gasteiger partial charge is 0.243 e. The lowest BCUT2D eigenvalue weighted by molar-refractivity contribution is -0.122. The number of para-hydroxylation sites is 1. The summed E-state index contributed by atoms with van der Waals surface area (Å²) in [4.78, 5) is 12.7. The van der Waals surface area contributed by atoms with Crippen molar-refractivity contribution in [1.82, 2.24) is 5.32 Å². The maximum atomic E-state index is 12.7. The van der Waals surface area contributed by atoms with Gasteiger partial charge in [-0.1, -0.05) is 41.9 Å². The number of carbonyl (C=O) groups is 1. The van der Waals surface area contributed by atoms with Crippen LogP contribution in [0.3, 0.4) is 0 Å². The molecule has 0 aliphatic carbocycles. The highest BCUT2D eigenvalue weighted by Crippen LogP contribution is 2.27. The third kappa shape index (κ3) is 6.23. The number of anilines is 1. The Bertz CT molecular complexity index is 1120. The fraction of sp³-hybridized carbons (Fsp3) is 0.174. The lowest BCUT2D eigenvalue weighted by Gasteiger charge is -2.28. The zero-order chi connectivity index (χ0) is 22.4. The Labute approximate surface area is 187 Å². The molecule has 1 amide bonds. The van der Waals surface area contributed by atoms with E-state index in [-0.39, 0.29) is 6.54 Å². The Morgan fingerprint density at radius 2 is 1.55 bits per heavy atom. The first-order valence-corrected chi connectivity index (χ1v) is 11.8. The van der Waals surface area contributed by atoms with Gasteiger partial charge in [-0.25, -0.2) is 8.42 Å². The first-order valence-electron chi connectivity index (χ1n) is 9.58. The van der Waals surface area contributed by atoms with Crippen LogP contribution in [0.5, 0.6) is 11.5 Å². The van der Waals surface area contributed by atoms with Gasteiger partial charge in [0.25, 0.3) is 0 Å². The van der Waals surface area contributed by atoms with Crippen molar-refractivity contribution in [1.29, 1.82) is 0 Å². The largest absolute Gasteiger partial charge is 0.457 e. The molecule has 3 aromatic carbocycles. The molecule has 0 aromatic heterocycles. The summed E-state index contributed by atoms with van der Waals surface area (Å²) in [6, 6.07) is 21.9. The molecule has 3 aromatic rings. The van der Waals surface area contributed by atoms with Gasteiger partial charge in [-0.3, -0.25) is 9.10 Å². The highest BCUT2D eigenvalue weighted by molar-refractivity contribution is 7.92. The van der Waals surface area contributed by atoms with E-state index in [9.17, 15) is 13.2 Å². The van der Waals surface area contributed by atoms with Crippen molar-refractivity contribution in [2.45, 2.75) is 19.5 Å². The fourth-order valence-corrected chi connectivity index (χ4v) is 4.33. The van der Waals surface area contributed by atoms with E-state index in [0.29, 0.717) is 22.2 Å². The number of rotatable bonds is 8. The summed E-state index contributed by atoms with van der Waals surface area (Å²) in [7, 11) is -3.71. The van der Waals surface area contributed by atoms with E-state index in [1.807, 2.05) is 30.3 Å². The van der Waals surface area contributed by atoms with Crippen LogP contribution >= 0.6 is 11.6 Å². The van der Waals surface area contributed by atoms with E-state index in [1.54, 1.807) is 55.5 Å². The SMILES string of the molecule is C[C@@H](C(=O)NCc1ccc(Cl)cc1)N(c1ccc(Oc2ccccc2)cc1)S(C)(=O)=O. The van der Waals surface area contributed by atoms with E-state index in [4.69, 9.17) is 16.3 Å². The molecule has 8 heteroatoms. The van der Waals surface area contributed by atoms with Gasteiger partial charge < -0.3 is 10.1 Å². The van der Waals surface area contributed by atoms with Crippen molar-refractivity contribution in [2.75, 3.05) is 10.6 Å². The van der Waals surface area contributed by atoms with Crippen molar-refractivity contribution < 1.29 is 17.9 Å². The number of hydrogen-bond acceptors (Lipinski definition) is 4. The predicted octanol–water partition coefficient (Wildman–Crippen LogP) is 4.60. The molecule has 0 aliphatic heterocycles. The second-order valence-corrected chi connectivity index (χ2v) is 9.28. The van der Waals surface area contributed by atoms with Gasteiger partial charge in [0, 0.05) is 11.6 Å². The van der Waals surface area contributed by atoms with Crippen LogP contribution < -0.4 is 14.4 Å². The van der Waals surface area contributed by atoms with Gasteiger partial charge in [0.1, 0.15) is 17.5 Å². The van der Waals surface area contributed by atoms with E-state index in [1.165, 1.54) is 0 Å². The summed E-state index contributed by atoms with van der Waals surface area (Å²) in [5.74, 6) is 0.818. The average Bonchev–Trinajstić information content (AvgIpc) is 2.74. The number of nitrogens with one attached hydrogen (secondary N) is 1. The molecule has 0 saturated carbocycles. The van der Waals surface area contributed by atoms with Gasteiger partial charge in [0.05, 0.1) is 11.9 Å². The molecule has 162 valence electrons. The van der Waals surface area contributed by atoms with Crippen LogP contribution in [0, 0.1) is 0 Å². The summed E-state index contributed by atoms with van der Waals surface area (Å²) in [6.45, 7) is 1.81. The normalized spacial score (nSPS) is 12.1. The highest BCUT2D eigenvalue weighted by Gasteiger charge is 2.29. The molecule has 0 bridgehead atoms. The maximum Gasteiger partial charge on any atom is 0.243 e. The Balaban J connectivity index is 1.73. The van der Waals surface area contributed by atoms with Gasteiger partial charge >= 0.3 is 0 Å². The number of carbonyl (C=O) groups excluding carboxylic acids is 1. The summed E-state index contributed by atoms with van der Waals surface area (Å²) < 4.78 is 31.8. The minimum atomic E-state index is -3.71. The van der Waals surface area contributed by atoms with Crippen LogP contribution in [0.4, 0.5) is 5.69 Å². The van der Waals surface area contributed by atoms with Crippen molar-refractivity contribution in [3.05, 3.63) is 89.4 Å². The third-order valence-corrected chi connectivity index (χ3v) is 6.03.